The molecule has 0 radical (unpaired) electrons. The van der Waals surface area contributed by atoms with Gasteiger partial charge in [-0.05, 0) is 147 Å². The minimum absolute atomic E-state index is 0.226. The minimum atomic E-state index is -0.226. The fraction of sp³-hybridized carbons (Fsp3) is 0.119. The zero-order chi connectivity index (χ0) is 41.3. The zero-order valence-electron chi connectivity index (χ0n) is 34.7. The van der Waals surface area contributed by atoms with Gasteiger partial charge in [0.05, 0.1) is 0 Å². The molecule has 0 amide bonds. The number of aryl methyl sites for hydroxylation is 2. The Balaban J connectivity index is 1.08. The highest BCUT2D eigenvalue weighted by molar-refractivity contribution is 5.99. The molecule has 2 unspecified atom stereocenters. The second-order valence-corrected chi connectivity index (χ2v) is 16.7. The minimum Gasteiger partial charge on any atom is -0.337 e. The first-order valence-electron chi connectivity index (χ1n) is 21.6. The molecule has 2 heteroatoms. The van der Waals surface area contributed by atoms with Crippen molar-refractivity contribution in [1.29, 1.82) is 0 Å². The number of rotatable bonds is 9. The maximum Gasteiger partial charge on any atom is 0.123 e. The molecule has 0 spiro atoms. The largest absolute Gasteiger partial charge is 0.337 e. The van der Waals surface area contributed by atoms with Crippen molar-refractivity contribution in [2.75, 3.05) is 4.90 Å². The molecule has 0 aromatic heterocycles. The number of benzene rings is 8. The molecule has 0 bridgehead atoms. The van der Waals surface area contributed by atoms with Crippen LogP contribution in [-0.4, -0.2) is 6.04 Å². The molecule has 1 heterocycles. The lowest BCUT2D eigenvalue weighted by molar-refractivity contribution is 0.630. The monoisotopic (exact) mass is 789 g/mol. The molecule has 61 heavy (non-hydrogen) atoms. The average molecular weight is 790 g/mol. The average Bonchev–Trinajstić information content (AvgIpc) is 3.89. The highest BCUT2D eigenvalue weighted by atomic mass is 19.1. The molecule has 0 saturated heterocycles. The van der Waals surface area contributed by atoms with Crippen molar-refractivity contribution in [2.24, 2.45) is 0 Å². The summed E-state index contributed by atoms with van der Waals surface area (Å²) in [5.41, 5.74) is 17.9. The van der Waals surface area contributed by atoms with Crippen LogP contribution in [0.2, 0.25) is 0 Å². The van der Waals surface area contributed by atoms with Gasteiger partial charge in [-0.3, -0.25) is 0 Å². The number of allylic oxidation sites excluding steroid dienone is 2. The second-order valence-electron chi connectivity index (χ2n) is 16.7. The fourth-order valence-corrected chi connectivity index (χ4v) is 9.64. The lowest BCUT2D eigenvalue weighted by atomic mass is 9.92. The third-order valence-electron chi connectivity index (χ3n) is 12.7. The SMILES string of the molecule is Cc1ccc(C(=CC=Cc2ccc3c(c2)C2CCCC2N3c2cc(C=C(c3ccccc3)c3ccccc3)cc(-c3cccc4ccc(F)cc34)c2)c2ccc(C)cc2)cc1. The van der Waals surface area contributed by atoms with Crippen molar-refractivity contribution >= 4 is 45.4 Å². The van der Waals surface area contributed by atoms with Crippen LogP contribution in [-0.2, 0) is 0 Å². The predicted molar refractivity (Wildman–Crippen MR) is 257 cm³/mol. The van der Waals surface area contributed by atoms with Crippen molar-refractivity contribution in [2.45, 2.75) is 45.1 Å². The Morgan fingerprint density at radius 1 is 0.574 bits per heavy atom. The van der Waals surface area contributed by atoms with Crippen molar-refractivity contribution in [1.82, 2.24) is 0 Å². The van der Waals surface area contributed by atoms with Gasteiger partial charge in [-0.2, -0.15) is 0 Å². The van der Waals surface area contributed by atoms with E-state index >= 15 is 0 Å². The van der Waals surface area contributed by atoms with Crippen LogP contribution in [0, 0.1) is 19.7 Å². The standard InChI is InChI=1S/C59H48FN/c1-40-22-27-47(28-23-40)52(48-29-24-41(2)25-30-48)18-9-12-42-26-33-59-57(36-42)54-20-11-21-58(54)61(59)51-35-43(37-55(44-13-5-3-6-14-44)45-15-7-4-8-16-45)34-49(38-51)53-19-10-17-46-31-32-50(60)39-56(46)53/h3-10,12-19,22-39,54,58H,11,20-21H2,1-2H3. The molecular weight excluding hydrogens is 742 g/mol. The summed E-state index contributed by atoms with van der Waals surface area (Å²) in [7, 11) is 0. The van der Waals surface area contributed by atoms with Crippen LogP contribution in [0.3, 0.4) is 0 Å². The summed E-state index contributed by atoms with van der Waals surface area (Å²) < 4.78 is 14.9. The third-order valence-corrected chi connectivity index (χ3v) is 12.7. The maximum absolute atomic E-state index is 14.9. The van der Waals surface area contributed by atoms with Crippen LogP contribution in [0.4, 0.5) is 15.8 Å². The van der Waals surface area contributed by atoms with Crippen LogP contribution < -0.4 is 4.90 Å². The molecule has 1 nitrogen and oxygen atoms in total. The van der Waals surface area contributed by atoms with Gasteiger partial charge in [0.1, 0.15) is 5.82 Å². The van der Waals surface area contributed by atoms with Crippen molar-refractivity contribution in [3.63, 3.8) is 0 Å². The van der Waals surface area contributed by atoms with Gasteiger partial charge in [0.25, 0.3) is 0 Å². The Morgan fingerprint density at radius 3 is 1.93 bits per heavy atom. The molecule has 2 aliphatic rings. The van der Waals surface area contributed by atoms with Gasteiger partial charge in [-0.25, -0.2) is 4.39 Å². The molecule has 1 saturated carbocycles. The van der Waals surface area contributed by atoms with Crippen molar-refractivity contribution in [3.05, 3.63) is 250 Å². The quantitative estimate of drug-likeness (QED) is 0.104. The van der Waals surface area contributed by atoms with Crippen LogP contribution >= 0.6 is 0 Å². The van der Waals surface area contributed by atoms with E-state index in [4.69, 9.17) is 0 Å². The van der Waals surface area contributed by atoms with Gasteiger partial charge in [0.15, 0.2) is 0 Å². The van der Waals surface area contributed by atoms with E-state index in [0.717, 1.165) is 50.6 Å². The summed E-state index contributed by atoms with van der Waals surface area (Å²) in [6.07, 6.45) is 12.6. The van der Waals surface area contributed by atoms with Crippen LogP contribution in [0.1, 0.15) is 75.3 Å². The second kappa shape index (κ2) is 16.6. The van der Waals surface area contributed by atoms with E-state index in [0.29, 0.717) is 12.0 Å². The van der Waals surface area contributed by atoms with Crippen LogP contribution in [0.5, 0.6) is 0 Å². The predicted octanol–water partition coefficient (Wildman–Crippen LogP) is 15.8. The molecule has 1 aliphatic carbocycles. The molecule has 8 aromatic carbocycles. The first-order valence-corrected chi connectivity index (χ1v) is 21.6. The lowest BCUT2D eigenvalue weighted by Crippen LogP contribution is -2.26. The molecule has 1 fully saturated rings. The first kappa shape index (κ1) is 38.2. The van der Waals surface area contributed by atoms with E-state index in [1.54, 1.807) is 12.1 Å². The number of hydrogen-bond donors (Lipinski definition) is 0. The summed E-state index contributed by atoms with van der Waals surface area (Å²) in [6, 6.07) is 64.7. The Bertz CT molecular complexity index is 2870. The Morgan fingerprint density at radius 2 is 1.25 bits per heavy atom. The topological polar surface area (TPSA) is 3.24 Å². The summed E-state index contributed by atoms with van der Waals surface area (Å²) in [5.74, 6) is 0.226. The van der Waals surface area contributed by atoms with Crippen LogP contribution in [0.15, 0.2) is 194 Å². The number of halogens is 1. The molecule has 0 N–H and O–H groups in total. The molecule has 10 rings (SSSR count). The maximum atomic E-state index is 14.9. The van der Waals surface area contributed by atoms with Gasteiger partial charge in [0, 0.05) is 23.3 Å². The van der Waals surface area contributed by atoms with E-state index in [9.17, 15) is 4.39 Å². The number of anilines is 2. The van der Waals surface area contributed by atoms with Gasteiger partial charge in [-0.1, -0.05) is 175 Å². The molecule has 296 valence electrons. The zero-order valence-corrected chi connectivity index (χ0v) is 34.7. The van der Waals surface area contributed by atoms with E-state index < -0.39 is 0 Å². The molecule has 2 atom stereocenters. The summed E-state index contributed by atoms with van der Waals surface area (Å²) in [5, 5.41) is 1.94. The van der Waals surface area contributed by atoms with Gasteiger partial charge in [0.2, 0.25) is 0 Å². The molecule has 1 aliphatic heterocycles. The molecule has 8 aromatic rings. The Labute approximate surface area is 359 Å². The van der Waals surface area contributed by atoms with E-state index in [-0.39, 0.29) is 5.82 Å². The van der Waals surface area contributed by atoms with Gasteiger partial charge in [-0.15, -0.1) is 0 Å². The third kappa shape index (κ3) is 7.78. The van der Waals surface area contributed by atoms with Crippen molar-refractivity contribution in [3.8, 4) is 11.1 Å². The number of fused-ring (bicyclic) bond motifs is 4. The lowest BCUT2D eigenvalue weighted by Gasteiger charge is -2.28. The normalized spacial score (nSPS) is 15.5. The van der Waals surface area contributed by atoms with Gasteiger partial charge < -0.3 is 4.90 Å². The first-order chi connectivity index (χ1) is 29.9. The summed E-state index contributed by atoms with van der Waals surface area (Å²) in [6.45, 7) is 4.27. The Kier molecular flexibility index (Phi) is 10.4. The Hall–Kier alpha value is -7.03. The number of nitrogens with zero attached hydrogens (tertiary/aromatic N) is 1. The summed E-state index contributed by atoms with van der Waals surface area (Å²) >= 11 is 0. The fourth-order valence-electron chi connectivity index (χ4n) is 9.64. The van der Waals surface area contributed by atoms with Gasteiger partial charge >= 0.3 is 0 Å². The van der Waals surface area contributed by atoms with Crippen molar-refractivity contribution < 1.29 is 4.39 Å². The summed E-state index contributed by atoms with van der Waals surface area (Å²) in [4.78, 5) is 2.62. The number of hydrogen-bond acceptors (Lipinski definition) is 1. The van der Waals surface area contributed by atoms with E-state index in [1.807, 2.05) is 6.07 Å². The smallest absolute Gasteiger partial charge is 0.123 e. The highest BCUT2D eigenvalue weighted by Crippen LogP contribution is 2.53. The van der Waals surface area contributed by atoms with Crippen LogP contribution in [0.25, 0.3) is 45.2 Å². The molecular formula is C59H48FN. The highest BCUT2D eigenvalue weighted by Gasteiger charge is 2.42. The van der Waals surface area contributed by atoms with E-state index in [1.165, 1.54) is 63.2 Å². The van der Waals surface area contributed by atoms with E-state index in [2.05, 4.69) is 207 Å².